The van der Waals surface area contributed by atoms with E-state index in [-0.39, 0.29) is 5.41 Å². The maximum Gasteiger partial charge on any atom is 0.0438 e. The first kappa shape index (κ1) is 22.8. The van der Waals surface area contributed by atoms with E-state index in [1.54, 1.807) is 0 Å². The summed E-state index contributed by atoms with van der Waals surface area (Å²) in [4.78, 5) is 0. The molecule has 38 heavy (non-hydrogen) atoms. The van der Waals surface area contributed by atoms with Crippen molar-refractivity contribution >= 4 is 17.2 Å². The second-order valence-corrected chi connectivity index (χ2v) is 10.7. The lowest BCUT2D eigenvalue weighted by atomic mass is 9.61. The molecule has 0 amide bonds. The molecule has 0 heteroatoms. The van der Waals surface area contributed by atoms with Crippen molar-refractivity contribution in [3.8, 4) is 11.1 Å². The van der Waals surface area contributed by atoms with Crippen LogP contribution >= 0.6 is 0 Å². The van der Waals surface area contributed by atoms with Gasteiger partial charge in [-0.1, -0.05) is 121 Å². The minimum absolute atomic E-state index is 0.292. The van der Waals surface area contributed by atoms with Crippen LogP contribution in [-0.2, 0) is 5.41 Å². The maximum absolute atomic E-state index is 2.49. The van der Waals surface area contributed by atoms with Gasteiger partial charge in [0.25, 0.3) is 0 Å². The highest BCUT2D eigenvalue weighted by Gasteiger charge is 2.42. The van der Waals surface area contributed by atoms with Crippen LogP contribution in [0.15, 0.2) is 144 Å². The van der Waals surface area contributed by atoms with Gasteiger partial charge in [-0.2, -0.15) is 0 Å². The molecule has 0 spiro atoms. The van der Waals surface area contributed by atoms with Crippen LogP contribution in [0.5, 0.6) is 0 Å². The first-order valence-electron chi connectivity index (χ1n) is 13.5. The third-order valence-corrected chi connectivity index (χ3v) is 8.38. The van der Waals surface area contributed by atoms with Crippen LogP contribution in [-0.4, -0.2) is 0 Å². The Bertz CT molecular complexity index is 1810. The Balaban J connectivity index is 1.65. The van der Waals surface area contributed by atoms with E-state index in [2.05, 4.69) is 147 Å². The van der Waals surface area contributed by atoms with Crippen molar-refractivity contribution in [1.82, 2.24) is 0 Å². The van der Waals surface area contributed by atoms with Gasteiger partial charge in [-0.15, -0.1) is 0 Å². The van der Waals surface area contributed by atoms with E-state index in [9.17, 15) is 0 Å². The molecule has 3 aliphatic rings. The predicted molar refractivity (Wildman–Crippen MR) is 161 cm³/mol. The van der Waals surface area contributed by atoms with Crippen LogP contribution in [0.3, 0.4) is 0 Å². The Labute approximate surface area is 225 Å². The second-order valence-electron chi connectivity index (χ2n) is 10.7. The number of rotatable bonds is 4. The molecule has 0 nitrogen and oxygen atoms in total. The highest BCUT2D eigenvalue weighted by molar-refractivity contribution is 6.03. The fourth-order valence-corrected chi connectivity index (χ4v) is 6.68. The molecule has 7 rings (SSSR count). The molecule has 0 aromatic heterocycles. The van der Waals surface area contributed by atoms with Crippen molar-refractivity contribution in [3.63, 3.8) is 0 Å². The number of hydrogen-bond acceptors (Lipinski definition) is 0. The van der Waals surface area contributed by atoms with Crippen molar-refractivity contribution < 1.29 is 0 Å². The van der Waals surface area contributed by atoms with E-state index in [4.69, 9.17) is 0 Å². The van der Waals surface area contributed by atoms with E-state index >= 15 is 0 Å². The molecule has 0 aliphatic heterocycles. The summed E-state index contributed by atoms with van der Waals surface area (Å²) < 4.78 is 0. The highest BCUT2D eigenvalue weighted by Crippen LogP contribution is 2.54. The van der Waals surface area contributed by atoms with E-state index in [1.165, 1.54) is 66.1 Å². The Hall–Kier alpha value is -4.42. The molecule has 1 unspecified atom stereocenters. The van der Waals surface area contributed by atoms with Crippen molar-refractivity contribution in [3.05, 3.63) is 171 Å². The van der Waals surface area contributed by atoms with Gasteiger partial charge in [0, 0.05) is 5.41 Å². The SMILES string of the molecule is Cc1cc(-c2ccccc2)c2c(c1)=CC1=C(C3=CC=CC3)C(C)(c3ccccc3)C(c3ccccc3)=CC=21. The molecule has 1 atom stereocenters. The average Bonchev–Trinajstić information content (AvgIpc) is 3.61. The fraction of sp³-hybridized carbons (Fsp3) is 0.105. The lowest BCUT2D eigenvalue weighted by molar-refractivity contribution is 0.722. The van der Waals surface area contributed by atoms with E-state index in [0.717, 1.165) is 6.42 Å². The first-order chi connectivity index (χ1) is 18.6. The number of aryl methyl sites for hydroxylation is 1. The normalized spacial score (nSPS) is 19.6. The van der Waals surface area contributed by atoms with E-state index < -0.39 is 0 Å². The van der Waals surface area contributed by atoms with Crippen LogP contribution in [0.1, 0.15) is 30.0 Å². The number of fused-ring (bicyclic) bond motifs is 2. The highest BCUT2D eigenvalue weighted by atomic mass is 14.4. The molecular weight excluding hydrogens is 456 g/mol. The standard InChI is InChI=1S/C38H30/c1-26-22-30-24-34-33(36(30)32(23-26)27-14-6-3-7-15-27)25-35(28-16-8-4-9-17-28)38(2,31-20-10-5-11-21-31)37(34)29-18-12-13-19-29/h3-18,20-25H,19H2,1-2H3. The molecule has 0 saturated heterocycles. The summed E-state index contributed by atoms with van der Waals surface area (Å²) in [6.45, 7) is 4.64. The Morgan fingerprint density at radius 1 is 0.684 bits per heavy atom. The van der Waals surface area contributed by atoms with Gasteiger partial charge in [-0.3, -0.25) is 0 Å². The third-order valence-electron chi connectivity index (χ3n) is 8.38. The molecule has 0 radical (unpaired) electrons. The molecular formula is C38H30. The largest absolute Gasteiger partial charge is 0.0801 e. The van der Waals surface area contributed by atoms with Crippen LogP contribution in [0.4, 0.5) is 0 Å². The summed E-state index contributed by atoms with van der Waals surface area (Å²) in [6.07, 6.45) is 12.7. The van der Waals surface area contributed by atoms with Crippen LogP contribution in [0, 0.1) is 6.92 Å². The summed E-state index contributed by atoms with van der Waals surface area (Å²) in [5.74, 6) is 0. The van der Waals surface area contributed by atoms with Gasteiger partial charge in [0.15, 0.2) is 0 Å². The summed E-state index contributed by atoms with van der Waals surface area (Å²) in [7, 11) is 0. The molecule has 0 heterocycles. The van der Waals surface area contributed by atoms with Gasteiger partial charge in [-0.25, -0.2) is 0 Å². The molecule has 0 fully saturated rings. The lowest BCUT2D eigenvalue weighted by Crippen LogP contribution is -2.32. The summed E-state index contributed by atoms with van der Waals surface area (Å²) in [6, 6.07) is 37.6. The molecule has 0 saturated carbocycles. The van der Waals surface area contributed by atoms with Crippen molar-refractivity contribution in [2.24, 2.45) is 0 Å². The molecule has 4 aromatic carbocycles. The predicted octanol–water partition coefficient (Wildman–Crippen LogP) is 7.84. The first-order valence-corrected chi connectivity index (χ1v) is 13.5. The van der Waals surface area contributed by atoms with Crippen molar-refractivity contribution in [1.29, 1.82) is 0 Å². The molecule has 3 aliphatic carbocycles. The zero-order valence-corrected chi connectivity index (χ0v) is 21.9. The van der Waals surface area contributed by atoms with Crippen LogP contribution < -0.4 is 10.4 Å². The zero-order valence-electron chi connectivity index (χ0n) is 21.9. The number of benzene rings is 4. The van der Waals surface area contributed by atoms with Gasteiger partial charge in [0.2, 0.25) is 0 Å². The minimum Gasteiger partial charge on any atom is -0.0801 e. The number of allylic oxidation sites excluding steroid dienone is 8. The van der Waals surface area contributed by atoms with E-state index in [1.807, 2.05) is 0 Å². The average molecular weight is 487 g/mol. The van der Waals surface area contributed by atoms with Gasteiger partial charge >= 0.3 is 0 Å². The zero-order chi connectivity index (χ0) is 25.7. The quantitative estimate of drug-likeness (QED) is 0.276. The second kappa shape index (κ2) is 8.85. The molecule has 0 N–H and O–H groups in total. The maximum atomic E-state index is 2.49. The smallest absolute Gasteiger partial charge is 0.0438 e. The molecule has 0 bridgehead atoms. The Morgan fingerprint density at radius 3 is 2.00 bits per heavy atom. The fourth-order valence-electron chi connectivity index (χ4n) is 6.68. The molecule has 182 valence electrons. The summed E-state index contributed by atoms with van der Waals surface area (Å²) >= 11 is 0. The van der Waals surface area contributed by atoms with Crippen molar-refractivity contribution in [2.45, 2.75) is 25.7 Å². The summed E-state index contributed by atoms with van der Waals surface area (Å²) in [5, 5.41) is 2.67. The van der Waals surface area contributed by atoms with Gasteiger partial charge in [-0.05, 0) is 98.5 Å². The Kier molecular flexibility index (Phi) is 5.30. The van der Waals surface area contributed by atoms with Gasteiger partial charge in [0.1, 0.15) is 0 Å². The number of hydrogen-bond donors (Lipinski definition) is 0. The molecule has 4 aromatic rings. The lowest BCUT2D eigenvalue weighted by Gasteiger charge is -2.41. The van der Waals surface area contributed by atoms with Gasteiger partial charge in [0.05, 0.1) is 0 Å². The van der Waals surface area contributed by atoms with E-state index in [0.29, 0.717) is 0 Å². The van der Waals surface area contributed by atoms with Crippen molar-refractivity contribution in [2.75, 3.05) is 0 Å². The minimum atomic E-state index is -0.292. The topological polar surface area (TPSA) is 0 Å². The summed E-state index contributed by atoms with van der Waals surface area (Å²) in [5.41, 5.74) is 13.1. The monoisotopic (exact) mass is 486 g/mol. The van der Waals surface area contributed by atoms with Crippen LogP contribution in [0.2, 0.25) is 0 Å². The van der Waals surface area contributed by atoms with Crippen LogP contribution in [0.25, 0.3) is 28.3 Å². The Morgan fingerprint density at radius 2 is 1.34 bits per heavy atom. The van der Waals surface area contributed by atoms with Gasteiger partial charge < -0.3 is 0 Å². The third kappa shape index (κ3) is 3.45.